The van der Waals surface area contributed by atoms with Gasteiger partial charge in [0.15, 0.2) is 0 Å². The third-order valence-corrected chi connectivity index (χ3v) is 2.38. The highest BCUT2D eigenvalue weighted by atomic mass is 79.9. The molecule has 66 valence electrons. The lowest BCUT2D eigenvalue weighted by Crippen LogP contribution is -1.86. The summed E-state index contributed by atoms with van der Waals surface area (Å²) in [5.74, 6) is 0.180. The lowest BCUT2D eigenvalue weighted by molar-refractivity contribution is 0.476. The van der Waals surface area contributed by atoms with Gasteiger partial charge < -0.3 is 5.11 Å². The largest absolute Gasteiger partial charge is 0.508 e. The van der Waals surface area contributed by atoms with Gasteiger partial charge in [0.1, 0.15) is 10.4 Å². The first-order valence-electron chi connectivity index (χ1n) is 3.48. The summed E-state index contributed by atoms with van der Waals surface area (Å²) in [7, 11) is 0. The molecule has 2 aromatic rings. The molecule has 0 amide bonds. The number of benzene rings is 1. The minimum absolute atomic E-state index is 0.180. The molecule has 5 heteroatoms. The summed E-state index contributed by atoms with van der Waals surface area (Å²) in [5.41, 5.74) is 0.699. The average Bonchev–Trinajstić information content (AvgIpc) is 2.06. The minimum Gasteiger partial charge on any atom is -0.508 e. The van der Waals surface area contributed by atoms with Crippen molar-refractivity contribution in [3.8, 4) is 5.75 Å². The van der Waals surface area contributed by atoms with Crippen molar-refractivity contribution in [2.75, 3.05) is 0 Å². The molecule has 0 saturated heterocycles. The van der Waals surface area contributed by atoms with Crippen LogP contribution in [-0.4, -0.2) is 15.1 Å². The Balaban J connectivity index is 2.87. The van der Waals surface area contributed by atoms with Crippen LogP contribution in [0, 0.1) is 0 Å². The lowest BCUT2D eigenvalue weighted by Gasteiger charge is -2.00. The van der Waals surface area contributed by atoms with Crippen molar-refractivity contribution in [2.24, 2.45) is 0 Å². The number of phenols is 1. The predicted octanol–water partition coefficient (Wildman–Crippen LogP) is 2.75. The van der Waals surface area contributed by atoms with E-state index in [0.29, 0.717) is 10.1 Å². The van der Waals surface area contributed by atoms with Gasteiger partial charge in [-0.1, -0.05) is 0 Å². The lowest BCUT2D eigenvalue weighted by atomic mass is 10.2. The Morgan fingerprint density at radius 2 is 2.08 bits per heavy atom. The fourth-order valence-corrected chi connectivity index (χ4v) is 1.82. The van der Waals surface area contributed by atoms with Crippen LogP contribution in [0.2, 0.25) is 5.28 Å². The fraction of sp³-hybridized carbons (Fsp3) is 0. The van der Waals surface area contributed by atoms with Crippen LogP contribution in [0.5, 0.6) is 5.75 Å². The van der Waals surface area contributed by atoms with Crippen molar-refractivity contribution in [1.82, 2.24) is 9.97 Å². The second-order valence-corrected chi connectivity index (χ2v) is 3.57. The van der Waals surface area contributed by atoms with E-state index in [9.17, 15) is 5.11 Å². The molecule has 0 aliphatic carbocycles. The molecular formula is C8H4BrClN2O. The number of nitrogens with zero attached hydrogens (tertiary/aromatic N) is 2. The highest BCUT2D eigenvalue weighted by Gasteiger charge is 2.04. The fourth-order valence-electron chi connectivity index (χ4n) is 1.05. The molecule has 0 atom stereocenters. The van der Waals surface area contributed by atoms with Crippen molar-refractivity contribution in [2.45, 2.75) is 0 Å². The van der Waals surface area contributed by atoms with Crippen LogP contribution in [0.4, 0.5) is 0 Å². The maximum absolute atomic E-state index is 9.21. The Morgan fingerprint density at radius 3 is 2.85 bits per heavy atom. The molecule has 1 heterocycles. The second kappa shape index (κ2) is 3.12. The van der Waals surface area contributed by atoms with Gasteiger partial charge in [-0.05, 0) is 45.7 Å². The molecule has 3 nitrogen and oxygen atoms in total. The quantitative estimate of drug-likeness (QED) is 0.584. The van der Waals surface area contributed by atoms with Gasteiger partial charge in [0.2, 0.25) is 5.28 Å². The van der Waals surface area contributed by atoms with E-state index in [1.165, 1.54) is 0 Å². The minimum atomic E-state index is 0.180. The maximum Gasteiger partial charge on any atom is 0.224 e. The van der Waals surface area contributed by atoms with Crippen LogP contribution in [-0.2, 0) is 0 Å². The molecule has 0 bridgehead atoms. The first-order chi connectivity index (χ1) is 6.16. The number of hydrogen-bond acceptors (Lipinski definition) is 3. The van der Waals surface area contributed by atoms with E-state index in [1.807, 2.05) is 0 Å². The number of fused-ring (bicyclic) bond motifs is 1. The molecule has 1 aromatic heterocycles. The van der Waals surface area contributed by atoms with Gasteiger partial charge >= 0.3 is 0 Å². The first kappa shape index (κ1) is 8.72. The van der Waals surface area contributed by atoms with Crippen LogP contribution < -0.4 is 0 Å². The predicted molar refractivity (Wildman–Crippen MR) is 53.9 cm³/mol. The first-order valence-corrected chi connectivity index (χ1v) is 4.65. The smallest absolute Gasteiger partial charge is 0.224 e. The molecule has 0 saturated carbocycles. The van der Waals surface area contributed by atoms with Crippen molar-refractivity contribution in [3.63, 3.8) is 0 Å². The Labute approximate surface area is 87.5 Å². The molecule has 0 aliphatic heterocycles. The van der Waals surface area contributed by atoms with E-state index in [0.717, 1.165) is 5.39 Å². The summed E-state index contributed by atoms with van der Waals surface area (Å²) in [6, 6.07) is 4.82. The van der Waals surface area contributed by atoms with Crippen LogP contribution >= 0.6 is 27.5 Å². The van der Waals surface area contributed by atoms with E-state index in [1.54, 1.807) is 18.2 Å². The summed E-state index contributed by atoms with van der Waals surface area (Å²) in [6.07, 6.45) is 0. The van der Waals surface area contributed by atoms with Crippen molar-refractivity contribution in [1.29, 1.82) is 0 Å². The van der Waals surface area contributed by atoms with Gasteiger partial charge in [0.05, 0.1) is 5.52 Å². The second-order valence-electron chi connectivity index (χ2n) is 2.48. The summed E-state index contributed by atoms with van der Waals surface area (Å²) in [4.78, 5) is 7.89. The highest BCUT2D eigenvalue weighted by molar-refractivity contribution is 9.10. The zero-order valence-corrected chi connectivity index (χ0v) is 8.67. The third kappa shape index (κ3) is 1.59. The van der Waals surface area contributed by atoms with Gasteiger partial charge in [-0.15, -0.1) is 0 Å². The Morgan fingerprint density at radius 1 is 1.31 bits per heavy atom. The summed E-state index contributed by atoms with van der Waals surface area (Å²) >= 11 is 8.88. The van der Waals surface area contributed by atoms with Crippen LogP contribution in [0.25, 0.3) is 10.9 Å². The van der Waals surface area contributed by atoms with Gasteiger partial charge in [0, 0.05) is 5.39 Å². The van der Waals surface area contributed by atoms with Crippen LogP contribution in [0.15, 0.2) is 22.8 Å². The Kier molecular flexibility index (Phi) is 2.09. The summed E-state index contributed by atoms with van der Waals surface area (Å²) < 4.78 is 0.582. The SMILES string of the molecule is Oc1ccc2nc(Cl)nc(Br)c2c1. The Bertz CT molecular complexity index is 475. The van der Waals surface area contributed by atoms with E-state index in [4.69, 9.17) is 11.6 Å². The number of phenolic OH excluding ortho intramolecular Hbond substituents is 1. The van der Waals surface area contributed by atoms with Gasteiger partial charge in [-0.2, -0.15) is 0 Å². The molecule has 1 aromatic carbocycles. The molecule has 0 spiro atoms. The normalized spacial score (nSPS) is 10.6. The molecule has 1 N–H and O–H groups in total. The Hall–Kier alpha value is -0.870. The van der Waals surface area contributed by atoms with Crippen LogP contribution in [0.1, 0.15) is 0 Å². The number of halogens is 2. The van der Waals surface area contributed by atoms with E-state index >= 15 is 0 Å². The maximum atomic E-state index is 9.21. The van der Waals surface area contributed by atoms with Gasteiger partial charge in [-0.25, -0.2) is 9.97 Å². The van der Waals surface area contributed by atoms with Crippen LogP contribution in [0.3, 0.4) is 0 Å². The summed E-state index contributed by atoms with van der Waals surface area (Å²) in [5, 5.41) is 10.1. The molecule has 0 unspecified atom stereocenters. The number of aromatic hydroxyl groups is 1. The molecule has 13 heavy (non-hydrogen) atoms. The van der Waals surface area contributed by atoms with Gasteiger partial charge in [-0.3, -0.25) is 0 Å². The number of rotatable bonds is 0. The molecule has 0 fully saturated rings. The van der Waals surface area contributed by atoms with Crippen molar-refractivity contribution < 1.29 is 5.11 Å². The standard InChI is InChI=1S/C8H4BrClN2O/c9-7-5-3-4(13)1-2-6(5)11-8(10)12-7/h1-3,13H. The van der Waals surface area contributed by atoms with Crippen molar-refractivity contribution in [3.05, 3.63) is 28.1 Å². The topological polar surface area (TPSA) is 46.0 Å². The monoisotopic (exact) mass is 258 g/mol. The molecule has 0 aliphatic rings. The van der Waals surface area contributed by atoms with E-state index < -0.39 is 0 Å². The zero-order valence-electron chi connectivity index (χ0n) is 6.33. The average molecular weight is 259 g/mol. The van der Waals surface area contributed by atoms with E-state index in [2.05, 4.69) is 25.9 Å². The molecule has 0 radical (unpaired) electrons. The number of aromatic nitrogens is 2. The number of hydrogen-bond donors (Lipinski definition) is 1. The third-order valence-electron chi connectivity index (χ3n) is 1.61. The van der Waals surface area contributed by atoms with Crippen molar-refractivity contribution >= 4 is 38.4 Å². The summed E-state index contributed by atoms with van der Waals surface area (Å²) in [6.45, 7) is 0. The highest BCUT2D eigenvalue weighted by Crippen LogP contribution is 2.25. The molecular weight excluding hydrogens is 255 g/mol. The van der Waals surface area contributed by atoms with Gasteiger partial charge in [0.25, 0.3) is 0 Å². The zero-order chi connectivity index (χ0) is 9.42. The molecule has 2 rings (SSSR count). The van der Waals surface area contributed by atoms with E-state index in [-0.39, 0.29) is 11.0 Å².